The van der Waals surface area contributed by atoms with Crippen LogP contribution < -0.4 is 0 Å². The summed E-state index contributed by atoms with van der Waals surface area (Å²) >= 11 is 0. The minimum atomic E-state index is 0. The topological polar surface area (TPSA) is 13.0 Å². The first-order chi connectivity index (χ1) is 13.9. The molecule has 0 saturated heterocycles. The highest BCUT2D eigenvalue weighted by Crippen LogP contribution is 2.27. The summed E-state index contributed by atoms with van der Waals surface area (Å²) in [6.45, 7) is 4.27. The predicted octanol–water partition coefficient (Wildman–Crippen LogP) is 5.12. The molecule has 0 unspecified atom stereocenters. The van der Waals surface area contributed by atoms with Crippen molar-refractivity contribution in [3.8, 4) is 0 Å². The quantitative estimate of drug-likeness (QED) is 0.431. The molecule has 0 aliphatic carbocycles. The van der Waals surface area contributed by atoms with Crippen LogP contribution >= 0.6 is 34.0 Å². The second-order valence-corrected chi connectivity index (χ2v) is 7.12. The SMILES string of the molecule is Br.Br.C1=CC2=C3C=CC=CN3CCN2C=C1.C1=CC2=C3C=CC=CN3CCN2C=C1. The Balaban J connectivity index is 0.000000160. The number of nitrogens with zero attached hydrogens (tertiary/aromatic N) is 4. The highest BCUT2D eigenvalue weighted by molar-refractivity contribution is 8.93. The van der Waals surface area contributed by atoms with Crippen LogP contribution in [0.4, 0.5) is 0 Å². The summed E-state index contributed by atoms with van der Waals surface area (Å²) in [4.78, 5) is 9.20. The number of hydrogen-bond acceptors (Lipinski definition) is 4. The molecule has 0 fully saturated rings. The van der Waals surface area contributed by atoms with Crippen molar-refractivity contribution in [3.05, 3.63) is 121 Å². The third-order valence-corrected chi connectivity index (χ3v) is 5.45. The van der Waals surface area contributed by atoms with Crippen molar-refractivity contribution in [2.45, 2.75) is 0 Å². The Morgan fingerprint density at radius 3 is 0.833 bits per heavy atom. The van der Waals surface area contributed by atoms with Gasteiger partial charge in [0, 0.05) is 51.0 Å². The molecule has 0 radical (unpaired) electrons. The van der Waals surface area contributed by atoms with E-state index in [0.29, 0.717) is 0 Å². The summed E-state index contributed by atoms with van der Waals surface area (Å²) in [6.07, 6.45) is 34.0. The molecule has 6 heteroatoms. The van der Waals surface area contributed by atoms with Crippen molar-refractivity contribution < 1.29 is 0 Å². The minimum absolute atomic E-state index is 0. The molecule has 4 nitrogen and oxygen atoms in total. The largest absolute Gasteiger partial charge is 0.345 e. The van der Waals surface area contributed by atoms with E-state index in [1.54, 1.807) is 0 Å². The van der Waals surface area contributed by atoms with Gasteiger partial charge in [-0.25, -0.2) is 0 Å². The Hall–Kier alpha value is -2.44. The van der Waals surface area contributed by atoms with E-state index in [1.807, 2.05) is 0 Å². The van der Waals surface area contributed by atoms with E-state index in [9.17, 15) is 0 Å². The number of rotatable bonds is 0. The highest BCUT2D eigenvalue weighted by atomic mass is 79.9. The van der Waals surface area contributed by atoms with E-state index in [0.717, 1.165) is 26.2 Å². The van der Waals surface area contributed by atoms with Crippen molar-refractivity contribution in [1.82, 2.24) is 19.6 Å². The second-order valence-electron chi connectivity index (χ2n) is 7.12. The molecule has 0 atom stereocenters. The van der Waals surface area contributed by atoms with Crippen molar-refractivity contribution in [2.24, 2.45) is 0 Å². The Morgan fingerprint density at radius 1 is 0.367 bits per heavy atom. The average molecular weight is 530 g/mol. The van der Waals surface area contributed by atoms with Crippen LogP contribution in [-0.2, 0) is 0 Å². The molecule has 0 aromatic heterocycles. The minimum Gasteiger partial charge on any atom is -0.345 e. The molecule has 30 heavy (non-hydrogen) atoms. The van der Waals surface area contributed by atoms with Gasteiger partial charge in [-0.3, -0.25) is 0 Å². The van der Waals surface area contributed by atoms with Gasteiger partial charge in [0.15, 0.2) is 0 Å². The molecule has 6 rings (SSSR count). The molecule has 0 aromatic rings. The Morgan fingerprint density at radius 2 is 0.600 bits per heavy atom. The van der Waals surface area contributed by atoms with Gasteiger partial charge in [0.05, 0.1) is 22.8 Å². The Bertz CT molecular complexity index is 806. The monoisotopic (exact) mass is 528 g/mol. The van der Waals surface area contributed by atoms with Gasteiger partial charge >= 0.3 is 0 Å². The maximum atomic E-state index is 2.30. The van der Waals surface area contributed by atoms with Crippen LogP contribution in [0.2, 0.25) is 0 Å². The van der Waals surface area contributed by atoms with E-state index in [4.69, 9.17) is 0 Å². The zero-order chi connectivity index (χ0) is 18.8. The number of allylic oxidation sites excluding steroid dienone is 12. The predicted molar refractivity (Wildman–Crippen MR) is 135 cm³/mol. The summed E-state index contributed by atoms with van der Waals surface area (Å²) in [5.74, 6) is 0. The fourth-order valence-electron chi connectivity index (χ4n) is 4.05. The van der Waals surface area contributed by atoms with Gasteiger partial charge in [-0.05, 0) is 48.6 Å². The van der Waals surface area contributed by atoms with Gasteiger partial charge in [0.1, 0.15) is 0 Å². The van der Waals surface area contributed by atoms with Crippen LogP contribution in [-0.4, -0.2) is 45.8 Å². The zero-order valence-corrected chi connectivity index (χ0v) is 20.1. The molecule has 6 aliphatic rings. The standard InChI is InChI=1S/2C12H12N2.2BrH/c2*1-3-7-13-9-10-14-8-4-2-6-12(14)11(13)5-1;;/h2*1-8H,9-10H2;2*1H. The third-order valence-electron chi connectivity index (χ3n) is 5.45. The van der Waals surface area contributed by atoms with Gasteiger partial charge in [-0.2, -0.15) is 0 Å². The molecular weight excluding hydrogens is 504 g/mol. The van der Waals surface area contributed by atoms with Crippen molar-refractivity contribution in [2.75, 3.05) is 26.2 Å². The lowest BCUT2D eigenvalue weighted by molar-refractivity contribution is 0.332. The van der Waals surface area contributed by atoms with Crippen LogP contribution in [0.3, 0.4) is 0 Å². The maximum absolute atomic E-state index is 2.30. The van der Waals surface area contributed by atoms with E-state index < -0.39 is 0 Å². The molecule has 0 amide bonds. The lowest BCUT2D eigenvalue weighted by Gasteiger charge is -2.37. The third kappa shape index (κ3) is 4.35. The lowest BCUT2D eigenvalue weighted by Crippen LogP contribution is -2.37. The zero-order valence-electron chi connectivity index (χ0n) is 16.7. The summed E-state index contributed by atoms with van der Waals surface area (Å²) < 4.78 is 0. The van der Waals surface area contributed by atoms with Crippen LogP contribution in [0.1, 0.15) is 0 Å². The van der Waals surface area contributed by atoms with E-state index in [2.05, 4.69) is 117 Å². The van der Waals surface area contributed by atoms with Crippen molar-refractivity contribution in [3.63, 3.8) is 0 Å². The van der Waals surface area contributed by atoms with Gasteiger partial charge in [0.2, 0.25) is 0 Å². The van der Waals surface area contributed by atoms with Crippen LogP contribution in [0.25, 0.3) is 0 Å². The van der Waals surface area contributed by atoms with Crippen LogP contribution in [0, 0.1) is 0 Å². The number of fused-ring (bicyclic) bond motifs is 4. The first-order valence-electron chi connectivity index (χ1n) is 9.85. The van der Waals surface area contributed by atoms with Gasteiger partial charge in [0.25, 0.3) is 0 Å². The molecular formula is C24H26Br2N4. The van der Waals surface area contributed by atoms with E-state index >= 15 is 0 Å². The molecule has 6 aliphatic heterocycles. The number of hydrogen-bond donors (Lipinski definition) is 0. The first kappa shape index (κ1) is 22.2. The first-order valence-corrected chi connectivity index (χ1v) is 9.85. The normalized spacial score (nSPS) is 21.3. The molecule has 0 saturated carbocycles. The summed E-state index contributed by atoms with van der Waals surface area (Å²) in [5.41, 5.74) is 5.22. The van der Waals surface area contributed by atoms with Gasteiger partial charge in [-0.1, -0.05) is 24.3 Å². The average Bonchev–Trinajstić information content (AvgIpc) is 2.79. The molecule has 0 aromatic carbocycles. The molecule has 0 spiro atoms. The lowest BCUT2D eigenvalue weighted by atomic mass is 10.1. The van der Waals surface area contributed by atoms with Crippen molar-refractivity contribution in [1.29, 1.82) is 0 Å². The van der Waals surface area contributed by atoms with E-state index in [1.165, 1.54) is 22.8 Å². The fraction of sp³-hybridized carbons (Fsp3) is 0.167. The molecule has 156 valence electrons. The van der Waals surface area contributed by atoms with Crippen LogP contribution in [0.15, 0.2) is 121 Å². The highest BCUT2D eigenvalue weighted by Gasteiger charge is 2.22. The van der Waals surface area contributed by atoms with E-state index in [-0.39, 0.29) is 34.0 Å². The molecule has 0 bridgehead atoms. The molecule has 0 N–H and O–H groups in total. The smallest absolute Gasteiger partial charge is 0.0647 e. The number of halogens is 2. The van der Waals surface area contributed by atoms with Crippen LogP contribution in [0.5, 0.6) is 0 Å². The summed E-state index contributed by atoms with van der Waals surface area (Å²) in [5, 5.41) is 0. The van der Waals surface area contributed by atoms with Gasteiger partial charge < -0.3 is 19.6 Å². The summed E-state index contributed by atoms with van der Waals surface area (Å²) in [7, 11) is 0. The Kier molecular flexibility index (Phi) is 7.45. The fourth-order valence-corrected chi connectivity index (χ4v) is 4.05. The molecule has 6 heterocycles. The Labute approximate surface area is 199 Å². The second kappa shape index (κ2) is 10.0. The van der Waals surface area contributed by atoms with Crippen molar-refractivity contribution >= 4 is 34.0 Å². The van der Waals surface area contributed by atoms with Gasteiger partial charge in [-0.15, -0.1) is 34.0 Å². The summed E-state index contributed by atoms with van der Waals surface area (Å²) in [6, 6.07) is 0. The maximum Gasteiger partial charge on any atom is 0.0647 e.